The number of hydrogen-bond acceptors (Lipinski definition) is 4. The Morgan fingerprint density at radius 3 is 2.77 bits per heavy atom. The van der Waals surface area contributed by atoms with Gasteiger partial charge in [0, 0.05) is 12.5 Å². The zero-order valence-corrected chi connectivity index (χ0v) is 7.15. The first-order chi connectivity index (χ1) is 6.09. The van der Waals surface area contributed by atoms with E-state index >= 15 is 0 Å². The minimum atomic E-state index is -1.07. The lowest BCUT2D eigenvalue weighted by Crippen LogP contribution is -2.57. The number of hydrogen-bond donors (Lipinski definition) is 4. The van der Waals surface area contributed by atoms with Gasteiger partial charge in [-0.05, 0) is 6.42 Å². The summed E-state index contributed by atoms with van der Waals surface area (Å²) in [5, 5.41) is 31.1. The number of piperidine rings is 1. The molecule has 0 spiro atoms. The normalized spacial score (nSPS) is 55.4. The summed E-state index contributed by atoms with van der Waals surface area (Å²) in [4.78, 5) is 0. The second-order valence-corrected chi connectivity index (χ2v) is 4.04. The molecule has 0 aromatic carbocycles. The van der Waals surface area contributed by atoms with Gasteiger partial charge >= 0.3 is 0 Å². The van der Waals surface area contributed by atoms with Gasteiger partial charge in [0.15, 0.2) is 0 Å². The summed E-state index contributed by atoms with van der Waals surface area (Å²) in [5.74, 6) is 0. The summed E-state index contributed by atoms with van der Waals surface area (Å²) in [6, 6.07) is -0.425. The van der Waals surface area contributed by atoms with Gasteiger partial charge in [0.1, 0.15) is 12.3 Å². The van der Waals surface area contributed by atoms with E-state index in [1.165, 1.54) is 0 Å². The molecule has 5 heteroatoms. The van der Waals surface area contributed by atoms with Crippen molar-refractivity contribution in [2.75, 3.05) is 6.61 Å². The fourth-order valence-electron chi connectivity index (χ4n) is 2.42. The summed E-state index contributed by atoms with van der Waals surface area (Å²) in [5.41, 5.74) is -1.03. The van der Waals surface area contributed by atoms with Crippen molar-refractivity contribution >= 4 is 0 Å². The minimum absolute atomic E-state index is 0.0677. The zero-order valence-electron chi connectivity index (χ0n) is 7.15. The van der Waals surface area contributed by atoms with Crippen molar-refractivity contribution in [1.29, 1.82) is 0 Å². The third kappa shape index (κ3) is 1.19. The van der Waals surface area contributed by atoms with Gasteiger partial charge in [0.05, 0.1) is 18.2 Å². The zero-order chi connectivity index (χ0) is 9.64. The van der Waals surface area contributed by atoms with E-state index in [4.69, 9.17) is 5.11 Å². The van der Waals surface area contributed by atoms with E-state index in [0.717, 1.165) is 0 Å². The largest absolute Gasteiger partial charge is 0.394 e. The van der Waals surface area contributed by atoms with Crippen molar-refractivity contribution in [3.8, 4) is 0 Å². The fraction of sp³-hybridized carbons (Fsp3) is 1.00. The van der Waals surface area contributed by atoms with Gasteiger partial charge in [0.25, 0.3) is 0 Å². The van der Waals surface area contributed by atoms with Crippen LogP contribution >= 0.6 is 0 Å². The van der Waals surface area contributed by atoms with Gasteiger partial charge < -0.3 is 20.6 Å². The Bertz CT molecular complexity index is 212. The van der Waals surface area contributed by atoms with Crippen molar-refractivity contribution in [2.45, 2.75) is 42.8 Å². The number of fused-ring (bicyclic) bond motifs is 2. The first-order valence-corrected chi connectivity index (χ1v) is 4.48. The van der Waals surface area contributed by atoms with Gasteiger partial charge in [0.2, 0.25) is 0 Å². The number of aliphatic hydroxyl groups excluding tert-OH is 3. The number of aliphatic hydroxyl groups is 3. The van der Waals surface area contributed by atoms with Crippen LogP contribution in [0.4, 0.5) is 4.39 Å². The Morgan fingerprint density at radius 1 is 1.46 bits per heavy atom. The molecule has 2 aliphatic rings. The van der Waals surface area contributed by atoms with E-state index in [9.17, 15) is 14.6 Å². The predicted molar refractivity (Wildman–Crippen MR) is 42.9 cm³/mol. The van der Waals surface area contributed by atoms with Crippen LogP contribution in [0.3, 0.4) is 0 Å². The Kier molecular flexibility index (Phi) is 2.07. The average Bonchev–Trinajstić information content (AvgIpc) is 2.29. The Morgan fingerprint density at radius 2 is 2.15 bits per heavy atom. The summed E-state index contributed by atoms with van der Waals surface area (Å²) < 4.78 is 13.1. The highest BCUT2D eigenvalue weighted by Gasteiger charge is 2.56. The molecule has 76 valence electrons. The second kappa shape index (κ2) is 2.88. The van der Waals surface area contributed by atoms with Crippen LogP contribution in [0.1, 0.15) is 12.8 Å². The lowest BCUT2D eigenvalue weighted by Gasteiger charge is -2.35. The van der Waals surface area contributed by atoms with Crippen LogP contribution in [0, 0.1) is 0 Å². The smallest absolute Gasteiger partial charge is 0.104 e. The number of halogens is 1. The topological polar surface area (TPSA) is 72.7 Å². The van der Waals surface area contributed by atoms with E-state index in [-0.39, 0.29) is 19.4 Å². The van der Waals surface area contributed by atoms with Crippen LogP contribution in [0.5, 0.6) is 0 Å². The minimum Gasteiger partial charge on any atom is -0.394 e. The van der Waals surface area contributed by atoms with Gasteiger partial charge in [-0.25, -0.2) is 4.39 Å². The fourth-order valence-corrected chi connectivity index (χ4v) is 2.42. The molecule has 2 rings (SSSR count). The molecule has 2 aliphatic heterocycles. The molecule has 4 N–H and O–H groups in total. The van der Waals surface area contributed by atoms with Crippen LogP contribution in [0.15, 0.2) is 0 Å². The maximum Gasteiger partial charge on any atom is 0.104 e. The number of nitrogens with one attached hydrogen (secondary N) is 1. The van der Waals surface area contributed by atoms with Gasteiger partial charge in [-0.1, -0.05) is 0 Å². The van der Waals surface area contributed by atoms with Crippen LogP contribution in [-0.2, 0) is 0 Å². The van der Waals surface area contributed by atoms with Crippen LogP contribution < -0.4 is 5.32 Å². The second-order valence-electron chi connectivity index (χ2n) is 4.04. The Balaban J connectivity index is 2.26. The predicted octanol–water partition coefficient (Wildman–Crippen LogP) is -1.46. The molecule has 2 heterocycles. The Labute approximate surface area is 75.4 Å². The SMILES string of the molecule is OC[C@]12C[C@@H](F)C[C@H](N1)[C@H](O)[C@H]2O. The quantitative estimate of drug-likeness (QED) is 0.409. The monoisotopic (exact) mass is 191 g/mol. The Hall–Kier alpha value is -0.230. The van der Waals surface area contributed by atoms with Gasteiger partial charge in [-0.3, -0.25) is 0 Å². The molecule has 4 nitrogen and oxygen atoms in total. The third-order valence-electron chi connectivity index (χ3n) is 3.15. The molecule has 0 aliphatic carbocycles. The molecular weight excluding hydrogens is 177 g/mol. The van der Waals surface area contributed by atoms with Crippen molar-refractivity contribution in [3.05, 3.63) is 0 Å². The molecule has 2 bridgehead atoms. The third-order valence-corrected chi connectivity index (χ3v) is 3.15. The van der Waals surface area contributed by atoms with Crippen molar-refractivity contribution in [2.24, 2.45) is 0 Å². The molecule has 5 atom stereocenters. The maximum atomic E-state index is 13.1. The van der Waals surface area contributed by atoms with Crippen LogP contribution in [-0.4, -0.2) is 51.9 Å². The van der Waals surface area contributed by atoms with E-state index in [1.807, 2.05) is 0 Å². The molecule has 0 saturated carbocycles. The maximum absolute atomic E-state index is 13.1. The summed E-state index contributed by atoms with van der Waals surface area (Å²) in [6.45, 7) is -0.345. The van der Waals surface area contributed by atoms with E-state index in [1.54, 1.807) is 0 Å². The highest BCUT2D eigenvalue weighted by molar-refractivity contribution is 5.13. The molecule has 2 saturated heterocycles. The van der Waals surface area contributed by atoms with E-state index in [0.29, 0.717) is 0 Å². The van der Waals surface area contributed by atoms with Crippen molar-refractivity contribution in [1.82, 2.24) is 5.32 Å². The average molecular weight is 191 g/mol. The number of rotatable bonds is 1. The summed E-state index contributed by atoms with van der Waals surface area (Å²) >= 11 is 0. The van der Waals surface area contributed by atoms with Crippen LogP contribution in [0.25, 0.3) is 0 Å². The molecule has 0 radical (unpaired) electrons. The van der Waals surface area contributed by atoms with Gasteiger partial charge in [-0.15, -0.1) is 0 Å². The summed E-state index contributed by atoms with van der Waals surface area (Å²) in [6.07, 6.45) is -2.81. The summed E-state index contributed by atoms with van der Waals surface area (Å²) in [7, 11) is 0. The lowest BCUT2D eigenvalue weighted by molar-refractivity contribution is -0.0149. The molecule has 0 aromatic heterocycles. The molecule has 0 unspecified atom stereocenters. The molecule has 13 heavy (non-hydrogen) atoms. The van der Waals surface area contributed by atoms with E-state index < -0.39 is 30.0 Å². The van der Waals surface area contributed by atoms with Crippen molar-refractivity contribution in [3.63, 3.8) is 0 Å². The van der Waals surface area contributed by atoms with Crippen molar-refractivity contribution < 1.29 is 19.7 Å². The highest BCUT2D eigenvalue weighted by atomic mass is 19.1. The number of alkyl halides is 1. The molecule has 0 aromatic rings. The standard InChI is InChI=1S/C8H14FNO3/c9-4-1-5-6(12)7(13)8(2-4,3-11)10-5/h4-7,10-13H,1-3H2/t4-,5-,6-,7+,8-/m0/s1. The highest BCUT2D eigenvalue weighted by Crippen LogP contribution is 2.37. The van der Waals surface area contributed by atoms with Gasteiger partial charge in [-0.2, -0.15) is 0 Å². The first-order valence-electron chi connectivity index (χ1n) is 4.48. The van der Waals surface area contributed by atoms with Crippen LogP contribution in [0.2, 0.25) is 0 Å². The van der Waals surface area contributed by atoms with E-state index in [2.05, 4.69) is 5.32 Å². The lowest BCUT2D eigenvalue weighted by atomic mass is 9.88. The molecule has 2 fully saturated rings. The molecule has 0 amide bonds. The molecular formula is C8H14FNO3. The first kappa shape index (κ1) is 9.33.